The van der Waals surface area contributed by atoms with Gasteiger partial charge in [-0.2, -0.15) is 0 Å². The fourth-order valence-corrected chi connectivity index (χ4v) is 3.05. The van der Waals surface area contributed by atoms with Crippen LogP contribution in [-0.2, 0) is 0 Å². The Morgan fingerprint density at radius 1 is 1.29 bits per heavy atom. The third-order valence-electron chi connectivity index (χ3n) is 2.65. The summed E-state index contributed by atoms with van der Waals surface area (Å²) in [6, 6.07) is 8.25. The molecule has 0 unspecified atom stereocenters. The Bertz CT molecular complexity index is 492. The van der Waals surface area contributed by atoms with Gasteiger partial charge >= 0.3 is 0 Å². The number of benzene rings is 1. The first kappa shape index (κ1) is 12.6. The van der Waals surface area contributed by atoms with Crippen molar-refractivity contribution < 1.29 is 0 Å². The molecular formula is C13H15BrN2S. The minimum absolute atomic E-state index is 1.00. The van der Waals surface area contributed by atoms with Gasteiger partial charge in [0.05, 0.1) is 5.69 Å². The molecule has 1 aromatic heterocycles. The molecule has 2 rings (SSSR count). The van der Waals surface area contributed by atoms with E-state index in [9.17, 15) is 0 Å². The van der Waals surface area contributed by atoms with Crippen molar-refractivity contribution >= 4 is 32.4 Å². The maximum atomic E-state index is 4.69. The Kier molecular flexibility index (Phi) is 4.18. The van der Waals surface area contributed by atoms with Gasteiger partial charge in [-0.25, -0.2) is 4.98 Å². The van der Waals surface area contributed by atoms with Crippen LogP contribution in [0.5, 0.6) is 0 Å². The SMILES string of the molecule is CCN(CC)c1nc(-c2cccc(Br)c2)cs1. The van der Waals surface area contributed by atoms with Gasteiger partial charge < -0.3 is 4.90 Å². The molecule has 0 radical (unpaired) electrons. The van der Waals surface area contributed by atoms with E-state index < -0.39 is 0 Å². The normalized spacial score (nSPS) is 10.5. The van der Waals surface area contributed by atoms with Gasteiger partial charge in [-0.1, -0.05) is 28.1 Å². The molecule has 2 aromatic rings. The number of halogens is 1. The molecule has 0 saturated carbocycles. The van der Waals surface area contributed by atoms with E-state index in [0.29, 0.717) is 0 Å². The Morgan fingerprint density at radius 2 is 2.06 bits per heavy atom. The van der Waals surface area contributed by atoms with E-state index in [1.165, 1.54) is 0 Å². The molecule has 0 fully saturated rings. The first-order valence-corrected chi connectivity index (χ1v) is 7.38. The Labute approximate surface area is 114 Å². The van der Waals surface area contributed by atoms with Crippen molar-refractivity contribution in [2.45, 2.75) is 13.8 Å². The quantitative estimate of drug-likeness (QED) is 0.831. The van der Waals surface area contributed by atoms with Crippen LogP contribution in [0.3, 0.4) is 0 Å². The minimum Gasteiger partial charge on any atom is -0.349 e. The van der Waals surface area contributed by atoms with Gasteiger partial charge in [-0.3, -0.25) is 0 Å². The van der Waals surface area contributed by atoms with Gasteiger partial charge in [-0.05, 0) is 26.0 Å². The number of nitrogens with zero attached hydrogens (tertiary/aromatic N) is 2. The van der Waals surface area contributed by atoms with Gasteiger partial charge in [0, 0.05) is 28.5 Å². The Balaban J connectivity index is 2.29. The van der Waals surface area contributed by atoms with Crippen molar-refractivity contribution in [3.05, 3.63) is 34.1 Å². The topological polar surface area (TPSA) is 16.1 Å². The molecule has 0 aliphatic rings. The highest BCUT2D eigenvalue weighted by molar-refractivity contribution is 9.10. The average Bonchev–Trinajstić information content (AvgIpc) is 2.80. The molecule has 0 amide bonds. The third-order valence-corrected chi connectivity index (χ3v) is 4.04. The van der Waals surface area contributed by atoms with E-state index in [1.54, 1.807) is 11.3 Å². The maximum absolute atomic E-state index is 4.69. The summed E-state index contributed by atoms with van der Waals surface area (Å²) < 4.78 is 1.09. The van der Waals surface area contributed by atoms with Crippen LogP contribution in [0.4, 0.5) is 5.13 Å². The highest BCUT2D eigenvalue weighted by Gasteiger charge is 2.08. The Morgan fingerprint density at radius 3 is 2.71 bits per heavy atom. The summed E-state index contributed by atoms with van der Waals surface area (Å²) in [6.45, 7) is 6.32. The van der Waals surface area contributed by atoms with Crippen molar-refractivity contribution in [3.63, 3.8) is 0 Å². The van der Waals surface area contributed by atoms with Crippen LogP contribution in [-0.4, -0.2) is 18.1 Å². The molecule has 0 atom stereocenters. The zero-order valence-electron chi connectivity index (χ0n) is 9.98. The number of rotatable bonds is 4. The van der Waals surface area contributed by atoms with Crippen LogP contribution >= 0.6 is 27.3 Å². The van der Waals surface area contributed by atoms with Gasteiger partial charge in [0.25, 0.3) is 0 Å². The number of hydrogen-bond acceptors (Lipinski definition) is 3. The fourth-order valence-electron chi connectivity index (χ4n) is 1.68. The fraction of sp³-hybridized carbons (Fsp3) is 0.308. The number of aromatic nitrogens is 1. The molecule has 1 heterocycles. The average molecular weight is 311 g/mol. The van der Waals surface area contributed by atoms with E-state index in [2.05, 4.69) is 57.2 Å². The molecule has 0 aliphatic heterocycles. The van der Waals surface area contributed by atoms with Crippen LogP contribution in [0.1, 0.15) is 13.8 Å². The molecule has 4 heteroatoms. The number of anilines is 1. The van der Waals surface area contributed by atoms with Gasteiger partial charge in [-0.15, -0.1) is 11.3 Å². The summed E-state index contributed by atoms with van der Waals surface area (Å²) in [7, 11) is 0. The minimum atomic E-state index is 1.00. The van der Waals surface area contributed by atoms with Gasteiger partial charge in [0.1, 0.15) is 0 Å². The summed E-state index contributed by atoms with van der Waals surface area (Å²) in [5, 5.41) is 3.22. The highest BCUT2D eigenvalue weighted by atomic mass is 79.9. The van der Waals surface area contributed by atoms with Crippen LogP contribution in [0.15, 0.2) is 34.1 Å². The second kappa shape index (κ2) is 5.65. The van der Waals surface area contributed by atoms with Crippen LogP contribution in [0.25, 0.3) is 11.3 Å². The van der Waals surface area contributed by atoms with E-state index in [4.69, 9.17) is 0 Å². The lowest BCUT2D eigenvalue weighted by molar-refractivity contribution is 0.860. The lowest BCUT2D eigenvalue weighted by Crippen LogP contribution is -2.21. The summed E-state index contributed by atoms with van der Waals surface area (Å²) in [5.74, 6) is 0. The van der Waals surface area contributed by atoms with Crippen LogP contribution < -0.4 is 4.90 Å². The summed E-state index contributed by atoms with van der Waals surface area (Å²) in [5.41, 5.74) is 2.22. The number of hydrogen-bond donors (Lipinski definition) is 0. The van der Waals surface area contributed by atoms with Crippen molar-refractivity contribution in [2.24, 2.45) is 0 Å². The number of thiazole rings is 1. The predicted octanol–water partition coefficient (Wildman–Crippen LogP) is 4.42. The summed E-state index contributed by atoms with van der Waals surface area (Å²) >= 11 is 5.19. The van der Waals surface area contributed by atoms with Gasteiger partial charge in [0.2, 0.25) is 0 Å². The molecule has 1 aromatic carbocycles. The maximum Gasteiger partial charge on any atom is 0.185 e. The first-order chi connectivity index (χ1) is 8.24. The van der Waals surface area contributed by atoms with E-state index in [-0.39, 0.29) is 0 Å². The standard InChI is InChI=1S/C13H15BrN2S/c1-3-16(4-2)13-15-12(9-17-13)10-6-5-7-11(14)8-10/h5-9H,3-4H2,1-2H3. The monoisotopic (exact) mass is 310 g/mol. The van der Waals surface area contributed by atoms with E-state index in [1.807, 2.05) is 12.1 Å². The predicted molar refractivity (Wildman–Crippen MR) is 78.8 cm³/mol. The Hall–Kier alpha value is -0.870. The van der Waals surface area contributed by atoms with Crippen molar-refractivity contribution in [2.75, 3.05) is 18.0 Å². The molecule has 17 heavy (non-hydrogen) atoms. The van der Waals surface area contributed by atoms with Crippen LogP contribution in [0, 0.1) is 0 Å². The molecule has 0 aliphatic carbocycles. The second-order valence-corrected chi connectivity index (χ2v) is 5.45. The summed E-state index contributed by atoms with van der Waals surface area (Å²) in [6.07, 6.45) is 0. The molecule has 0 bridgehead atoms. The first-order valence-electron chi connectivity index (χ1n) is 5.71. The van der Waals surface area contributed by atoms with Crippen LogP contribution in [0.2, 0.25) is 0 Å². The zero-order valence-corrected chi connectivity index (χ0v) is 12.4. The largest absolute Gasteiger partial charge is 0.349 e. The molecule has 0 N–H and O–H groups in total. The summed E-state index contributed by atoms with van der Waals surface area (Å²) in [4.78, 5) is 6.96. The van der Waals surface area contributed by atoms with Crippen molar-refractivity contribution in [1.82, 2.24) is 4.98 Å². The molecule has 2 nitrogen and oxygen atoms in total. The lowest BCUT2D eigenvalue weighted by Gasteiger charge is -2.16. The molecule has 0 spiro atoms. The third kappa shape index (κ3) is 2.87. The highest BCUT2D eigenvalue weighted by Crippen LogP contribution is 2.28. The zero-order chi connectivity index (χ0) is 12.3. The van der Waals surface area contributed by atoms with E-state index in [0.717, 1.165) is 34.0 Å². The van der Waals surface area contributed by atoms with Gasteiger partial charge in [0.15, 0.2) is 5.13 Å². The molecular weight excluding hydrogens is 296 g/mol. The smallest absolute Gasteiger partial charge is 0.185 e. The van der Waals surface area contributed by atoms with E-state index >= 15 is 0 Å². The lowest BCUT2D eigenvalue weighted by atomic mass is 10.2. The second-order valence-electron chi connectivity index (χ2n) is 3.70. The molecule has 0 saturated heterocycles. The van der Waals surface area contributed by atoms with Crippen molar-refractivity contribution in [1.29, 1.82) is 0 Å². The van der Waals surface area contributed by atoms with Crippen molar-refractivity contribution in [3.8, 4) is 11.3 Å². The molecule has 90 valence electrons.